The van der Waals surface area contributed by atoms with E-state index in [1.165, 1.54) is 0 Å². The summed E-state index contributed by atoms with van der Waals surface area (Å²) in [5, 5.41) is 8.76. The van der Waals surface area contributed by atoms with Crippen LogP contribution < -0.4 is 0 Å². The van der Waals surface area contributed by atoms with Crippen LogP contribution >= 0.6 is 0 Å². The lowest BCUT2D eigenvalue weighted by Crippen LogP contribution is -2.40. The lowest BCUT2D eigenvalue weighted by atomic mass is 10.1. The predicted octanol–water partition coefficient (Wildman–Crippen LogP) is 1.56. The van der Waals surface area contributed by atoms with Crippen molar-refractivity contribution in [3.63, 3.8) is 0 Å². The van der Waals surface area contributed by atoms with Crippen molar-refractivity contribution in [2.75, 3.05) is 19.7 Å². The van der Waals surface area contributed by atoms with Crippen molar-refractivity contribution in [3.05, 3.63) is 0 Å². The Hall–Kier alpha value is -0.610. The zero-order chi connectivity index (χ0) is 12.9. The van der Waals surface area contributed by atoms with Gasteiger partial charge in [0, 0.05) is 6.61 Å². The number of likely N-dealkylation sites (tertiary alicyclic amines) is 1. The summed E-state index contributed by atoms with van der Waals surface area (Å²) >= 11 is 0. The number of hydrogen-bond donors (Lipinski definition) is 1. The van der Waals surface area contributed by atoms with Crippen molar-refractivity contribution < 1.29 is 14.6 Å². The summed E-state index contributed by atoms with van der Waals surface area (Å²) in [4.78, 5) is 14.2. The Kier molecular flexibility index (Phi) is 5.40. The number of aliphatic hydroxyl groups excluding tert-OH is 1. The van der Waals surface area contributed by atoms with Crippen LogP contribution in [0, 0.1) is 0 Å². The lowest BCUT2D eigenvalue weighted by molar-refractivity contribution is -0.160. The van der Waals surface area contributed by atoms with Gasteiger partial charge in [-0.2, -0.15) is 0 Å². The largest absolute Gasteiger partial charge is 0.459 e. The molecule has 0 aliphatic carbocycles. The highest BCUT2D eigenvalue weighted by Gasteiger charge is 2.33. The summed E-state index contributed by atoms with van der Waals surface area (Å²) in [6.07, 6.45) is 3.70. The van der Waals surface area contributed by atoms with E-state index in [0.717, 1.165) is 38.8 Å². The van der Waals surface area contributed by atoms with Crippen LogP contribution in [0.2, 0.25) is 0 Å². The molecule has 17 heavy (non-hydrogen) atoms. The molecule has 0 aromatic rings. The molecule has 0 radical (unpaired) electrons. The van der Waals surface area contributed by atoms with Crippen molar-refractivity contribution in [2.45, 2.75) is 58.1 Å². The maximum Gasteiger partial charge on any atom is 0.323 e. The van der Waals surface area contributed by atoms with Crippen LogP contribution in [0.4, 0.5) is 0 Å². The average molecular weight is 243 g/mol. The molecule has 0 bridgehead atoms. The summed E-state index contributed by atoms with van der Waals surface area (Å²) in [6.45, 7) is 7.77. The van der Waals surface area contributed by atoms with Crippen LogP contribution in [0.15, 0.2) is 0 Å². The molecule has 0 aromatic carbocycles. The van der Waals surface area contributed by atoms with Gasteiger partial charge in [0.1, 0.15) is 11.6 Å². The van der Waals surface area contributed by atoms with Crippen LogP contribution in [0.5, 0.6) is 0 Å². The van der Waals surface area contributed by atoms with Gasteiger partial charge in [0.25, 0.3) is 0 Å². The number of hydrogen-bond acceptors (Lipinski definition) is 4. The fraction of sp³-hybridized carbons (Fsp3) is 0.923. The number of aliphatic hydroxyl groups is 1. The molecule has 4 nitrogen and oxygen atoms in total. The van der Waals surface area contributed by atoms with Crippen LogP contribution in [0.3, 0.4) is 0 Å². The number of unbranched alkanes of at least 4 members (excludes halogenated alkanes) is 1. The topological polar surface area (TPSA) is 49.8 Å². The first kappa shape index (κ1) is 14.5. The molecule has 1 heterocycles. The minimum Gasteiger partial charge on any atom is -0.459 e. The van der Waals surface area contributed by atoms with Crippen LogP contribution in [-0.4, -0.2) is 47.3 Å². The predicted molar refractivity (Wildman–Crippen MR) is 66.8 cm³/mol. The second-order valence-electron chi connectivity index (χ2n) is 5.66. The van der Waals surface area contributed by atoms with Crippen molar-refractivity contribution >= 4 is 5.97 Å². The Morgan fingerprint density at radius 2 is 2.12 bits per heavy atom. The highest BCUT2D eigenvalue weighted by molar-refractivity contribution is 5.76. The molecule has 0 aromatic heterocycles. The van der Waals surface area contributed by atoms with E-state index in [-0.39, 0.29) is 18.6 Å². The normalized spacial score (nSPS) is 21.8. The number of carbonyl (C=O) groups excluding carboxylic acids is 1. The molecule has 0 spiro atoms. The van der Waals surface area contributed by atoms with Crippen molar-refractivity contribution in [1.29, 1.82) is 0 Å². The minimum atomic E-state index is -0.406. The van der Waals surface area contributed by atoms with Crippen LogP contribution in [0.1, 0.15) is 46.5 Å². The van der Waals surface area contributed by atoms with Gasteiger partial charge in [0.05, 0.1) is 0 Å². The third kappa shape index (κ3) is 5.04. The summed E-state index contributed by atoms with van der Waals surface area (Å²) in [6, 6.07) is -0.0760. The van der Waals surface area contributed by atoms with E-state index in [9.17, 15) is 4.79 Å². The van der Waals surface area contributed by atoms with Gasteiger partial charge >= 0.3 is 5.97 Å². The van der Waals surface area contributed by atoms with Crippen LogP contribution in [0.25, 0.3) is 0 Å². The molecule has 0 amide bonds. The smallest absolute Gasteiger partial charge is 0.323 e. The van der Waals surface area contributed by atoms with E-state index in [0.29, 0.717) is 0 Å². The molecular formula is C13H25NO3. The van der Waals surface area contributed by atoms with Gasteiger partial charge < -0.3 is 9.84 Å². The van der Waals surface area contributed by atoms with Gasteiger partial charge in [0.2, 0.25) is 0 Å². The fourth-order valence-corrected chi connectivity index (χ4v) is 2.16. The van der Waals surface area contributed by atoms with Gasteiger partial charge in [-0.1, -0.05) is 0 Å². The summed E-state index contributed by atoms with van der Waals surface area (Å²) in [7, 11) is 0. The summed E-state index contributed by atoms with van der Waals surface area (Å²) in [5.41, 5.74) is -0.406. The molecule has 1 rings (SSSR count). The fourth-order valence-electron chi connectivity index (χ4n) is 2.16. The number of ether oxygens (including phenoxy) is 1. The molecule has 0 saturated carbocycles. The summed E-state index contributed by atoms with van der Waals surface area (Å²) in [5.74, 6) is -0.0981. The third-order valence-electron chi connectivity index (χ3n) is 2.90. The van der Waals surface area contributed by atoms with Crippen molar-refractivity contribution in [1.82, 2.24) is 4.90 Å². The Morgan fingerprint density at radius 1 is 1.41 bits per heavy atom. The molecule has 100 valence electrons. The number of esters is 1. The zero-order valence-electron chi connectivity index (χ0n) is 11.2. The molecule has 4 heteroatoms. The van der Waals surface area contributed by atoms with Crippen LogP contribution in [-0.2, 0) is 9.53 Å². The molecule has 0 unspecified atom stereocenters. The van der Waals surface area contributed by atoms with E-state index in [1.54, 1.807) is 0 Å². The van der Waals surface area contributed by atoms with E-state index in [1.807, 2.05) is 20.8 Å². The Balaban J connectivity index is 2.42. The first-order valence-electron chi connectivity index (χ1n) is 6.52. The standard InChI is InChI=1S/C13H25NO3/c1-13(2,3)17-12(16)11-7-6-9-14(11)8-4-5-10-15/h11,15H,4-10H2,1-3H3/t11-/m0/s1. The second kappa shape index (κ2) is 6.36. The highest BCUT2D eigenvalue weighted by atomic mass is 16.6. The highest BCUT2D eigenvalue weighted by Crippen LogP contribution is 2.21. The van der Waals surface area contributed by atoms with E-state index >= 15 is 0 Å². The van der Waals surface area contributed by atoms with Gasteiger partial charge in [-0.25, -0.2) is 0 Å². The Labute approximate surface area is 104 Å². The SMILES string of the molecule is CC(C)(C)OC(=O)[C@@H]1CCCN1CCCCO. The molecule has 1 N–H and O–H groups in total. The van der Waals surface area contributed by atoms with E-state index in [4.69, 9.17) is 9.84 Å². The number of rotatable bonds is 5. The maximum absolute atomic E-state index is 12.0. The quantitative estimate of drug-likeness (QED) is 0.588. The number of nitrogens with zero attached hydrogens (tertiary/aromatic N) is 1. The van der Waals surface area contributed by atoms with E-state index < -0.39 is 5.60 Å². The van der Waals surface area contributed by atoms with Gasteiger partial charge in [-0.3, -0.25) is 9.69 Å². The Bertz CT molecular complexity index is 248. The zero-order valence-corrected chi connectivity index (χ0v) is 11.2. The van der Waals surface area contributed by atoms with Crippen molar-refractivity contribution in [3.8, 4) is 0 Å². The first-order chi connectivity index (χ1) is 7.94. The minimum absolute atomic E-state index is 0.0760. The lowest BCUT2D eigenvalue weighted by Gasteiger charge is -2.27. The molecule has 1 fully saturated rings. The Morgan fingerprint density at radius 3 is 2.71 bits per heavy atom. The van der Waals surface area contributed by atoms with Gasteiger partial charge in [-0.05, 0) is 59.5 Å². The van der Waals surface area contributed by atoms with Gasteiger partial charge in [0.15, 0.2) is 0 Å². The molecular weight excluding hydrogens is 218 g/mol. The van der Waals surface area contributed by atoms with E-state index in [2.05, 4.69) is 4.90 Å². The molecule has 1 saturated heterocycles. The first-order valence-corrected chi connectivity index (χ1v) is 6.52. The second-order valence-corrected chi connectivity index (χ2v) is 5.66. The average Bonchev–Trinajstić information content (AvgIpc) is 2.64. The molecule has 1 atom stereocenters. The molecule has 1 aliphatic heterocycles. The monoisotopic (exact) mass is 243 g/mol. The maximum atomic E-state index is 12.0. The number of carbonyl (C=O) groups is 1. The third-order valence-corrected chi connectivity index (χ3v) is 2.90. The summed E-state index contributed by atoms with van der Waals surface area (Å²) < 4.78 is 5.43. The van der Waals surface area contributed by atoms with Crippen molar-refractivity contribution in [2.24, 2.45) is 0 Å². The van der Waals surface area contributed by atoms with Gasteiger partial charge in [-0.15, -0.1) is 0 Å². The molecule has 1 aliphatic rings.